The third-order valence-corrected chi connectivity index (χ3v) is 7.52. The highest BCUT2D eigenvalue weighted by atomic mass is 16.3. The van der Waals surface area contributed by atoms with Gasteiger partial charge in [-0.3, -0.25) is 9.59 Å². The highest BCUT2D eigenvalue weighted by molar-refractivity contribution is 5.94. The number of anilines is 2. The second kappa shape index (κ2) is 7.84. The Balaban J connectivity index is 1.24. The number of aromatic nitrogens is 1. The van der Waals surface area contributed by atoms with E-state index in [0.29, 0.717) is 11.9 Å². The first-order valence-electron chi connectivity index (χ1n) is 11.6. The number of pyridine rings is 1. The maximum atomic E-state index is 13.5. The van der Waals surface area contributed by atoms with E-state index >= 15 is 0 Å². The van der Waals surface area contributed by atoms with Crippen molar-refractivity contribution < 1.29 is 14.7 Å². The highest BCUT2D eigenvalue weighted by Gasteiger charge is 2.50. The predicted octanol–water partition coefficient (Wildman–Crippen LogP) is 2.55. The van der Waals surface area contributed by atoms with E-state index in [0.717, 1.165) is 88.9 Å². The molecule has 4 fully saturated rings. The Kier molecular flexibility index (Phi) is 5.17. The number of rotatable bonds is 4. The summed E-state index contributed by atoms with van der Waals surface area (Å²) in [5, 5.41) is 12.7. The van der Waals surface area contributed by atoms with Crippen LogP contribution in [0.2, 0.25) is 0 Å². The Morgan fingerprint density at radius 3 is 2.60 bits per heavy atom. The summed E-state index contributed by atoms with van der Waals surface area (Å²) >= 11 is 0. The maximum Gasteiger partial charge on any atom is 0.230 e. The fourth-order valence-electron chi connectivity index (χ4n) is 5.51. The van der Waals surface area contributed by atoms with Crippen molar-refractivity contribution in [1.29, 1.82) is 0 Å². The molecule has 3 heterocycles. The third kappa shape index (κ3) is 3.80. The third-order valence-electron chi connectivity index (χ3n) is 7.52. The smallest absolute Gasteiger partial charge is 0.230 e. The number of aliphatic hydroxyl groups is 1. The van der Waals surface area contributed by atoms with Crippen LogP contribution in [0.25, 0.3) is 0 Å². The molecule has 2 saturated heterocycles. The van der Waals surface area contributed by atoms with E-state index < -0.39 is 0 Å². The molecule has 2 aliphatic heterocycles. The number of hydrogen-bond acceptors (Lipinski definition) is 5. The summed E-state index contributed by atoms with van der Waals surface area (Å²) in [5.74, 6) is 1.45. The van der Waals surface area contributed by atoms with E-state index in [4.69, 9.17) is 0 Å². The van der Waals surface area contributed by atoms with E-state index in [2.05, 4.69) is 20.1 Å². The SMILES string of the molecule is O=C(Nc1ccc(N2CCC[C@@]3(CCN(C4CCC(O)CC4)C3=O)C2)nc1)C1CC1. The Morgan fingerprint density at radius 2 is 1.90 bits per heavy atom. The van der Waals surface area contributed by atoms with Crippen LogP contribution in [0.5, 0.6) is 0 Å². The van der Waals surface area contributed by atoms with Gasteiger partial charge in [0.1, 0.15) is 5.82 Å². The van der Waals surface area contributed by atoms with Crippen LogP contribution < -0.4 is 10.2 Å². The molecule has 1 atom stereocenters. The Bertz CT molecular complexity index is 801. The van der Waals surface area contributed by atoms with Gasteiger partial charge in [0.15, 0.2) is 0 Å². The van der Waals surface area contributed by atoms with Crippen molar-refractivity contribution >= 4 is 23.3 Å². The first kappa shape index (κ1) is 19.8. The van der Waals surface area contributed by atoms with Gasteiger partial charge in [0.05, 0.1) is 23.4 Å². The molecule has 2 N–H and O–H groups in total. The minimum atomic E-state index is -0.297. The standard InChI is InChI=1S/C23H32N4O3/c28-19-7-5-18(6-8-19)27-13-11-23(22(27)30)10-1-12-26(15-23)20-9-4-17(14-24-20)25-21(29)16-2-3-16/h4,9,14,16,18-19,28H,1-3,5-8,10-13,15H2,(H,25,29)/t18?,19?,23-/m1/s1. The lowest BCUT2D eigenvalue weighted by Crippen LogP contribution is -2.50. The van der Waals surface area contributed by atoms with Crippen molar-refractivity contribution in [3.8, 4) is 0 Å². The van der Waals surface area contributed by atoms with Crippen LogP contribution >= 0.6 is 0 Å². The number of carbonyl (C=O) groups is 2. The van der Waals surface area contributed by atoms with Crippen molar-refractivity contribution in [2.75, 3.05) is 29.9 Å². The van der Waals surface area contributed by atoms with E-state index in [9.17, 15) is 14.7 Å². The van der Waals surface area contributed by atoms with Crippen molar-refractivity contribution in [1.82, 2.24) is 9.88 Å². The largest absolute Gasteiger partial charge is 0.393 e. The van der Waals surface area contributed by atoms with Gasteiger partial charge in [0, 0.05) is 31.6 Å². The Hall–Kier alpha value is -2.15. The molecule has 7 nitrogen and oxygen atoms in total. The number of carbonyl (C=O) groups excluding carboxylic acids is 2. The van der Waals surface area contributed by atoms with Crippen LogP contribution in [-0.2, 0) is 9.59 Å². The summed E-state index contributed by atoms with van der Waals surface area (Å²) in [6.45, 7) is 2.47. The molecule has 2 amide bonds. The number of piperidine rings is 1. The van der Waals surface area contributed by atoms with Crippen molar-refractivity contribution in [2.45, 2.75) is 69.9 Å². The lowest BCUT2D eigenvalue weighted by molar-refractivity contribution is -0.139. The Labute approximate surface area is 177 Å². The van der Waals surface area contributed by atoms with Gasteiger partial charge in [-0.05, 0) is 69.9 Å². The summed E-state index contributed by atoms with van der Waals surface area (Å²) in [4.78, 5) is 34.3. The molecule has 1 aromatic heterocycles. The number of likely N-dealkylation sites (tertiary alicyclic amines) is 1. The summed E-state index contributed by atoms with van der Waals surface area (Å²) in [5.41, 5.74) is 0.444. The van der Waals surface area contributed by atoms with Crippen LogP contribution in [0.15, 0.2) is 18.3 Å². The molecule has 5 rings (SSSR count). The Morgan fingerprint density at radius 1 is 1.10 bits per heavy atom. The second-order valence-electron chi connectivity index (χ2n) is 9.68. The molecule has 2 saturated carbocycles. The zero-order valence-corrected chi connectivity index (χ0v) is 17.6. The topological polar surface area (TPSA) is 85.8 Å². The molecule has 0 radical (unpaired) electrons. The molecular formula is C23H32N4O3. The van der Waals surface area contributed by atoms with E-state index in [1.165, 1.54) is 0 Å². The van der Waals surface area contributed by atoms with Crippen LogP contribution in [0, 0.1) is 11.3 Å². The summed E-state index contributed by atoms with van der Waals surface area (Å²) in [6.07, 6.45) is 9.81. The summed E-state index contributed by atoms with van der Waals surface area (Å²) in [6, 6.07) is 4.17. The summed E-state index contributed by atoms with van der Waals surface area (Å²) < 4.78 is 0. The molecule has 7 heteroatoms. The molecule has 2 aliphatic carbocycles. The molecule has 0 unspecified atom stereocenters. The molecule has 0 bridgehead atoms. The first-order valence-corrected chi connectivity index (χ1v) is 11.6. The van der Waals surface area contributed by atoms with Crippen LogP contribution in [0.4, 0.5) is 11.5 Å². The number of nitrogens with zero attached hydrogens (tertiary/aromatic N) is 3. The van der Waals surface area contributed by atoms with Crippen molar-refractivity contribution in [2.24, 2.45) is 11.3 Å². The molecule has 1 aromatic rings. The van der Waals surface area contributed by atoms with E-state index in [-0.39, 0.29) is 23.3 Å². The fraction of sp³-hybridized carbons (Fsp3) is 0.696. The van der Waals surface area contributed by atoms with Gasteiger partial charge in [-0.1, -0.05) is 0 Å². The average Bonchev–Trinajstić information content (AvgIpc) is 3.57. The molecule has 162 valence electrons. The number of nitrogens with one attached hydrogen (secondary N) is 1. The number of hydrogen-bond donors (Lipinski definition) is 2. The zero-order chi connectivity index (χ0) is 20.7. The van der Waals surface area contributed by atoms with Gasteiger partial charge >= 0.3 is 0 Å². The lowest BCUT2D eigenvalue weighted by atomic mass is 9.78. The second-order valence-corrected chi connectivity index (χ2v) is 9.68. The minimum Gasteiger partial charge on any atom is -0.393 e. The first-order chi connectivity index (χ1) is 14.5. The van der Waals surface area contributed by atoms with Crippen LogP contribution in [0.1, 0.15) is 57.8 Å². The predicted molar refractivity (Wildman–Crippen MR) is 114 cm³/mol. The van der Waals surface area contributed by atoms with Crippen molar-refractivity contribution in [3.05, 3.63) is 18.3 Å². The van der Waals surface area contributed by atoms with Gasteiger partial charge in [-0.2, -0.15) is 0 Å². The van der Waals surface area contributed by atoms with Gasteiger partial charge in [0.25, 0.3) is 0 Å². The normalized spacial score (nSPS) is 32.0. The van der Waals surface area contributed by atoms with Gasteiger partial charge < -0.3 is 20.2 Å². The summed E-state index contributed by atoms with van der Waals surface area (Å²) in [7, 11) is 0. The molecular weight excluding hydrogens is 380 g/mol. The maximum absolute atomic E-state index is 13.5. The quantitative estimate of drug-likeness (QED) is 0.794. The highest BCUT2D eigenvalue weighted by Crippen LogP contribution is 2.43. The van der Waals surface area contributed by atoms with Gasteiger partial charge in [-0.15, -0.1) is 0 Å². The fourth-order valence-corrected chi connectivity index (χ4v) is 5.51. The van der Waals surface area contributed by atoms with Crippen LogP contribution in [0.3, 0.4) is 0 Å². The van der Waals surface area contributed by atoms with Crippen molar-refractivity contribution in [3.63, 3.8) is 0 Å². The van der Waals surface area contributed by atoms with Gasteiger partial charge in [0.2, 0.25) is 11.8 Å². The van der Waals surface area contributed by atoms with E-state index in [1.54, 1.807) is 6.20 Å². The zero-order valence-electron chi connectivity index (χ0n) is 17.6. The average molecular weight is 413 g/mol. The van der Waals surface area contributed by atoms with Crippen LogP contribution in [-0.4, -0.2) is 58.6 Å². The van der Waals surface area contributed by atoms with Gasteiger partial charge in [-0.25, -0.2) is 4.98 Å². The van der Waals surface area contributed by atoms with E-state index in [1.807, 2.05) is 12.1 Å². The molecule has 0 aromatic carbocycles. The number of aliphatic hydroxyl groups excluding tert-OH is 1. The molecule has 1 spiro atoms. The monoisotopic (exact) mass is 412 g/mol. The molecule has 4 aliphatic rings. The molecule has 30 heavy (non-hydrogen) atoms. The lowest BCUT2D eigenvalue weighted by Gasteiger charge is -2.41. The minimum absolute atomic E-state index is 0.0911. The number of amides is 2.